The van der Waals surface area contributed by atoms with Crippen LogP contribution in [-0.4, -0.2) is 36.3 Å². The molecule has 0 radical (unpaired) electrons. The van der Waals surface area contributed by atoms with Gasteiger partial charge in [0.1, 0.15) is 13.2 Å². The molecule has 0 bridgehead atoms. The van der Waals surface area contributed by atoms with Crippen LogP contribution in [0.2, 0.25) is 0 Å². The fourth-order valence-corrected chi connectivity index (χ4v) is 4.33. The van der Waals surface area contributed by atoms with E-state index >= 15 is 0 Å². The molecule has 0 heterocycles. The summed E-state index contributed by atoms with van der Waals surface area (Å²) in [4.78, 5) is 33.4. The topological polar surface area (TPSA) is 102 Å². The number of aliphatic carboxylic acids is 1. The molecule has 0 saturated heterocycles. The van der Waals surface area contributed by atoms with Gasteiger partial charge in [-0.3, -0.25) is 9.59 Å². The predicted octanol–water partition coefficient (Wildman–Crippen LogP) is 9.37. The number of benzene rings is 1. The zero-order valence-electron chi connectivity index (χ0n) is 26.1. The van der Waals surface area contributed by atoms with Crippen LogP contribution in [0.1, 0.15) is 148 Å². The number of rotatable bonds is 25. The molecule has 0 spiro atoms. The smallest absolute Gasteiger partial charge is 0.407 e. The first-order valence-electron chi connectivity index (χ1n) is 16.3. The fourth-order valence-electron chi connectivity index (χ4n) is 4.33. The number of unbranched alkanes of at least 4 members (excludes halogenated alkanes) is 16. The minimum absolute atomic E-state index is 0.177. The lowest BCUT2D eigenvalue weighted by molar-refractivity contribution is -0.143. The van der Waals surface area contributed by atoms with Gasteiger partial charge in [0.2, 0.25) is 0 Å². The average molecular weight is 578 g/mol. The van der Waals surface area contributed by atoms with Gasteiger partial charge in [0, 0.05) is 12.8 Å². The molecule has 0 aromatic heterocycles. The van der Waals surface area contributed by atoms with Gasteiger partial charge in [0.05, 0.1) is 6.54 Å². The quantitative estimate of drug-likeness (QED) is 0.0886. The van der Waals surface area contributed by atoms with Crippen LogP contribution in [0.15, 0.2) is 30.3 Å². The zero-order chi connectivity index (χ0) is 30.2. The molecule has 0 atom stereocenters. The molecule has 0 aliphatic rings. The van der Waals surface area contributed by atoms with Crippen molar-refractivity contribution in [1.82, 2.24) is 5.32 Å². The molecular formula is C34H59NO6. The largest absolute Gasteiger partial charge is 0.481 e. The highest BCUT2D eigenvalue weighted by Gasteiger charge is 2.05. The fraction of sp³-hybridized carbons (Fsp3) is 0.735. The van der Waals surface area contributed by atoms with Gasteiger partial charge >= 0.3 is 18.0 Å². The number of alkyl carbamates (subject to hydrolysis) is 1. The third-order valence-corrected chi connectivity index (χ3v) is 6.83. The van der Waals surface area contributed by atoms with Gasteiger partial charge in [0.25, 0.3) is 0 Å². The van der Waals surface area contributed by atoms with Crippen molar-refractivity contribution in [3.63, 3.8) is 0 Å². The molecule has 1 amide bonds. The Bertz CT molecular complexity index is 740. The van der Waals surface area contributed by atoms with Crippen molar-refractivity contribution in [3.05, 3.63) is 35.9 Å². The molecular weight excluding hydrogens is 518 g/mol. The summed E-state index contributed by atoms with van der Waals surface area (Å²) >= 11 is 0. The van der Waals surface area contributed by atoms with Crippen molar-refractivity contribution >= 4 is 18.0 Å². The minimum atomic E-state index is -0.659. The standard InChI is InChI=1S/C22H35NO4.C12H24O2/c1-2-3-4-5-6-7-8-9-13-16-21(24)26-18-17-23-22(25)27-19-20-14-11-10-12-15-20;1-2-3-4-5-6-7-8-9-10-11-12(13)14/h10-12,14-15H,2-9,13,16-19H2,1H3,(H,23,25);2-11H2,1H3,(H,13,14). The Morgan fingerprint density at radius 2 is 1.10 bits per heavy atom. The summed E-state index contributed by atoms with van der Waals surface area (Å²) in [5.41, 5.74) is 0.931. The van der Waals surface area contributed by atoms with Gasteiger partial charge in [-0.05, 0) is 18.4 Å². The Balaban J connectivity index is 0.000000964. The first-order valence-corrected chi connectivity index (χ1v) is 16.3. The Morgan fingerprint density at radius 1 is 0.634 bits per heavy atom. The molecule has 1 aromatic rings. The van der Waals surface area contributed by atoms with E-state index in [1.54, 1.807) is 0 Å². The Labute approximate surface area is 250 Å². The molecule has 2 N–H and O–H groups in total. The summed E-state index contributed by atoms with van der Waals surface area (Å²) in [6.07, 6.45) is 22.4. The number of amides is 1. The third kappa shape index (κ3) is 30.2. The number of ether oxygens (including phenoxy) is 2. The van der Waals surface area contributed by atoms with E-state index in [9.17, 15) is 14.4 Å². The molecule has 0 aliphatic carbocycles. The Hall–Kier alpha value is -2.57. The number of hydrogen-bond donors (Lipinski definition) is 2. The van der Waals surface area contributed by atoms with Crippen molar-refractivity contribution in [1.29, 1.82) is 0 Å². The Morgan fingerprint density at radius 3 is 1.59 bits per heavy atom. The van der Waals surface area contributed by atoms with Crippen LogP contribution >= 0.6 is 0 Å². The molecule has 41 heavy (non-hydrogen) atoms. The molecule has 0 fully saturated rings. The lowest BCUT2D eigenvalue weighted by Gasteiger charge is -2.08. The van der Waals surface area contributed by atoms with E-state index in [1.165, 1.54) is 89.9 Å². The number of esters is 1. The molecule has 7 nitrogen and oxygen atoms in total. The highest BCUT2D eigenvalue weighted by molar-refractivity contribution is 5.69. The van der Waals surface area contributed by atoms with Crippen molar-refractivity contribution in [2.24, 2.45) is 0 Å². The van der Waals surface area contributed by atoms with Crippen LogP contribution in [-0.2, 0) is 25.7 Å². The summed E-state index contributed by atoms with van der Waals surface area (Å²) in [7, 11) is 0. The van der Waals surface area contributed by atoms with Gasteiger partial charge in [-0.25, -0.2) is 4.79 Å². The van der Waals surface area contributed by atoms with Crippen molar-refractivity contribution in [2.75, 3.05) is 13.2 Å². The number of carboxylic acid groups (broad SMARTS) is 1. The average Bonchev–Trinajstić information content (AvgIpc) is 2.97. The monoisotopic (exact) mass is 577 g/mol. The Kier molecular flexibility index (Phi) is 28.5. The maximum atomic E-state index is 11.6. The van der Waals surface area contributed by atoms with Gasteiger partial charge in [-0.1, -0.05) is 147 Å². The number of hydrogen-bond acceptors (Lipinski definition) is 5. The van der Waals surface area contributed by atoms with E-state index in [2.05, 4.69) is 19.2 Å². The van der Waals surface area contributed by atoms with E-state index in [-0.39, 0.29) is 25.7 Å². The van der Waals surface area contributed by atoms with E-state index in [0.29, 0.717) is 12.8 Å². The van der Waals surface area contributed by atoms with Crippen molar-refractivity contribution < 1.29 is 29.0 Å². The molecule has 236 valence electrons. The van der Waals surface area contributed by atoms with E-state index < -0.39 is 12.1 Å². The van der Waals surface area contributed by atoms with Gasteiger partial charge in [-0.15, -0.1) is 0 Å². The lowest BCUT2D eigenvalue weighted by atomic mass is 10.1. The minimum Gasteiger partial charge on any atom is -0.481 e. The third-order valence-electron chi connectivity index (χ3n) is 6.83. The van der Waals surface area contributed by atoms with E-state index in [0.717, 1.165) is 31.2 Å². The molecule has 0 unspecified atom stereocenters. The van der Waals surface area contributed by atoms with Gasteiger partial charge < -0.3 is 19.9 Å². The van der Waals surface area contributed by atoms with Crippen LogP contribution in [0.3, 0.4) is 0 Å². The van der Waals surface area contributed by atoms with Crippen LogP contribution < -0.4 is 5.32 Å². The van der Waals surface area contributed by atoms with Gasteiger partial charge in [0.15, 0.2) is 0 Å². The van der Waals surface area contributed by atoms with Crippen LogP contribution in [0.5, 0.6) is 0 Å². The zero-order valence-corrected chi connectivity index (χ0v) is 26.1. The number of carbonyl (C=O) groups excluding carboxylic acids is 2. The summed E-state index contributed by atoms with van der Waals surface area (Å²) in [5.74, 6) is -0.856. The van der Waals surface area contributed by atoms with Gasteiger partial charge in [-0.2, -0.15) is 0 Å². The number of nitrogens with one attached hydrogen (secondary N) is 1. The highest BCUT2D eigenvalue weighted by atomic mass is 16.6. The second-order valence-corrected chi connectivity index (χ2v) is 10.8. The lowest BCUT2D eigenvalue weighted by Crippen LogP contribution is -2.28. The highest BCUT2D eigenvalue weighted by Crippen LogP contribution is 2.11. The van der Waals surface area contributed by atoms with E-state index in [4.69, 9.17) is 14.6 Å². The number of carboxylic acids is 1. The van der Waals surface area contributed by atoms with Crippen LogP contribution in [0, 0.1) is 0 Å². The molecule has 0 aliphatic heterocycles. The second-order valence-electron chi connectivity index (χ2n) is 10.8. The SMILES string of the molecule is CCCCCCCCCCCC(=O)O.CCCCCCCCCCCC(=O)OCCNC(=O)OCc1ccccc1. The van der Waals surface area contributed by atoms with Crippen molar-refractivity contribution in [3.8, 4) is 0 Å². The molecule has 1 aromatic carbocycles. The van der Waals surface area contributed by atoms with Crippen molar-refractivity contribution in [2.45, 2.75) is 149 Å². The maximum Gasteiger partial charge on any atom is 0.407 e. The molecule has 0 saturated carbocycles. The van der Waals surface area contributed by atoms with Crippen LogP contribution in [0.4, 0.5) is 4.79 Å². The van der Waals surface area contributed by atoms with E-state index in [1.807, 2.05) is 30.3 Å². The predicted molar refractivity (Wildman–Crippen MR) is 167 cm³/mol. The summed E-state index contributed by atoms with van der Waals surface area (Å²) in [6, 6.07) is 9.48. The first-order chi connectivity index (χ1) is 20.0. The first kappa shape index (κ1) is 38.4. The summed E-state index contributed by atoms with van der Waals surface area (Å²) < 4.78 is 10.2. The van der Waals surface area contributed by atoms with Crippen LogP contribution in [0.25, 0.3) is 0 Å². The second kappa shape index (κ2) is 30.4. The maximum absolute atomic E-state index is 11.6. The molecule has 1 rings (SSSR count). The summed E-state index contributed by atoms with van der Waals surface area (Å²) in [6.45, 7) is 5.12. The normalized spacial score (nSPS) is 10.4. The molecule has 7 heteroatoms. The summed E-state index contributed by atoms with van der Waals surface area (Å²) in [5, 5.41) is 11.0. The number of carbonyl (C=O) groups is 3.